The third-order valence-corrected chi connectivity index (χ3v) is 7.44. The van der Waals surface area contributed by atoms with E-state index in [2.05, 4.69) is 15.3 Å². The van der Waals surface area contributed by atoms with Crippen molar-refractivity contribution in [2.24, 2.45) is 0 Å². The quantitative estimate of drug-likeness (QED) is 0.620. The van der Waals surface area contributed by atoms with Crippen LogP contribution in [0.25, 0.3) is 0 Å². The van der Waals surface area contributed by atoms with Crippen molar-refractivity contribution in [3.05, 3.63) is 59.2 Å². The number of anilines is 2. The summed E-state index contributed by atoms with van der Waals surface area (Å²) in [5.41, 5.74) is 1.61. The first-order chi connectivity index (χ1) is 14.5. The fraction of sp³-hybridized carbons (Fsp3) is 0.300. The van der Waals surface area contributed by atoms with Crippen molar-refractivity contribution in [3.8, 4) is 5.75 Å². The van der Waals surface area contributed by atoms with Crippen LogP contribution in [0.1, 0.15) is 17.5 Å². The zero-order valence-corrected chi connectivity index (χ0v) is 18.2. The number of pyridine rings is 1. The molecule has 0 aliphatic carbocycles. The second-order valence-electron chi connectivity index (χ2n) is 6.76. The number of sulfonamides is 1. The normalized spacial score (nSPS) is 17.6. The van der Waals surface area contributed by atoms with Gasteiger partial charge in [-0.1, -0.05) is 6.07 Å². The van der Waals surface area contributed by atoms with Gasteiger partial charge < -0.3 is 14.8 Å². The molecule has 0 radical (unpaired) electrons. The Kier molecular flexibility index (Phi) is 6.00. The van der Waals surface area contributed by atoms with E-state index in [-0.39, 0.29) is 11.4 Å². The van der Waals surface area contributed by atoms with Crippen molar-refractivity contribution < 1.29 is 17.9 Å². The zero-order chi connectivity index (χ0) is 21.1. The molecule has 4 rings (SSSR count). The lowest BCUT2D eigenvalue weighted by Gasteiger charge is -2.32. The van der Waals surface area contributed by atoms with Crippen molar-refractivity contribution in [1.82, 2.24) is 14.3 Å². The molecule has 30 heavy (non-hydrogen) atoms. The molecular formula is C20H22N4O4S2. The van der Waals surface area contributed by atoms with E-state index in [1.807, 2.05) is 30.5 Å². The van der Waals surface area contributed by atoms with Crippen LogP contribution in [0.3, 0.4) is 0 Å². The molecule has 3 aromatic rings. The number of morpholine rings is 1. The highest BCUT2D eigenvalue weighted by molar-refractivity contribution is 7.89. The molecule has 0 spiro atoms. The Morgan fingerprint density at radius 1 is 1.20 bits per heavy atom. The number of hydrogen-bond acceptors (Lipinski definition) is 8. The Morgan fingerprint density at radius 3 is 2.70 bits per heavy atom. The first-order valence-electron chi connectivity index (χ1n) is 9.37. The topological polar surface area (TPSA) is 93.7 Å². The fourth-order valence-corrected chi connectivity index (χ4v) is 5.26. The number of methoxy groups -OCH3 is 1. The Balaban J connectivity index is 1.51. The lowest BCUT2D eigenvalue weighted by Crippen LogP contribution is -2.42. The van der Waals surface area contributed by atoms with Crippen LogP contribution >= 0.6 is 11.3 Å². The molecule has 1 aliphatic heterocycles. The number of aryl methyl sites for hydroxylation is 1. The number of benzene rings is 1. The Bertz CT molecular complexity index is 1120. The number of nitrogens with one attached hydrogen (secondary N) is 1. The number of aromatic nitrogens is 2. The standard InChI is InChI=1S/C20H22N4O4S2/c1-14-13-29-20(21-14)23-19-5-3-4-17(22-19)18-12-24(10-11-28-18)30(25,26)16-8-6-15(27-2)7-9-16/h3-9,13,18H,10-12H2,1-2H3,(H,21,22,23)/t18-/m1/s1. The van der Waals surface area contributed by atoms with Gasteiger partial charge >= 0.3 is 0 Å². The first-order valence-corrected chi connectivity index (χ1v) is 11.7. The van der Waals surface area contributed by atoms with Crippen LogP contribution < -0.4 is 10.1 Å². The van der Waals surface area contributed by atoms with Crippen LogP contribution in [-0.4, -0.2) is 49.5 Å². The molecule has 1 atom stereocenters. The molecule has 0 unspecified atom stereocenters. The molecule has 0 saturated carbocycles. The summed E-state index contributed by atoms with van der Waals surface area (Å²) in [7, 11) is -2.09. The van der Waals surface area contributed by atoms with Gasteiger partial charge in [0.1, 0.15) is 17.7 Å². The third kappa shape index (κ3) is 4.46. The molecule has 0 amide bonds. The molecule has 10 heteroatoms. The highest BCUT2D eigenvalue weighted by atomic mass is 32.2. The van der Waals surface area contributed by atoms with E-state index in [0.29, 0.717) is 30.4 Å². The second-order valence-corrected chi connectivity index (χ2v) is 9.56. The van der Waals surface area contributed by atoms with E-state index in [1.165, 1.54) is 15.6 Å². The van der Waals surface area contributed by atoms with Gasteiger partial charge in [-0.25, -0.2) is 18.4 Å². The molecule has 1 saturated heterocycles. The summed E-state index contributed by atoms with van der Waals surface area (Å²) in [5.74, 6) is 1.25. The molecule has 1 fully saturated rings. The molecule has 8 nitrogen and oxygen atoms in total. The summed E-state index contributed by atoms with van der Waals surface area (Å²) in [6, 6.07) is 11.9. The van der Waals surface area contributed by atoms with Crippen molar-refractivity contribution in [3.63, 3.8) is 0 Å². The van der Waals surface area contributed by atoms with Crippen LogP contribution in [0.15, 0.2) is 52.7 Å². The molecule has 0 bridgehead atoms. The van der Waals surface area contributed by atoms with E-state index >= 15 is 0 Å². The first kappa shape index (κ1) is 20.7. The predicted molar refractivity (Wildman–Crippen MR) is 115 cm³/mol. The summed E-state index contributed by atoms with van der Waals surface area (Å²) >= 11 is 1.50. The minimum atomic E-state index is -3.64. The summed E-state index contributed by atoms with van der Waals surface area (Å²) in [6.45, 7) is 2.71. The van der Waals surface area contributed by atoms with Gasteiger partial charge in [0.25, 0.3) is 0 Å². The van der Waals surface area contributed by atoms with Crippen molar-refractivity contribution >= 4 is 32.3 Å². The van der Waals surface area contributed by atoms with E-state index < -0.39 is 16.1 Å². The Labute approximate surface area is 179 Å². The minimum absolute atomic E-state index is 0.196. The Morgan fingerprint density at radius 2 is 2.00 bits per heavy atom. The van der Waals surface area contributed by atoms with Gasteiger partial charge in [-0.15, -0.1) is 11.3 Å². The summed E-state index contributed by atoms with van der Waals surface area (Å²) in [6.07, 6.45) is -0.452. The largest absolute Gasteiger partial charge is 0.497 e. The van der Waals surface area contributed by atoms with Gasteiger partial charge in [0.15, 0.2) is 5.13 Å². The van der Waals surface area contributed by atoms with Crippen LogP contribution in [-0.2, 0) is 14.8 Å². The van der Waals surface area contributed by atoms with Gasteiger partial charge in [-0.05, 0) is 43.3 Å². The highest BCUT2D eigenvalue weighted by Gasteiger charge is 2.32. The van der Waals surface area contributed by atoms with E-state index in [1.54, 1.807) is 31.4 Å². The lowest BCUT2D eigenvalue weighted by molar-refractivity contribution is -0.00486. The summed E-state index contributed by atoms with van der Waals surface area (Å²) in [4.78, 5) is 9.21. The van der Waals surface area contributed by atoms with Crippen LogP contribution in [0.4, 0.5) is 10.9 Å². The van der Waals surface area contributed by atoms with Crippen LogP contribution in [0, 0.1) is 6.92 Å². The summed E-state index contributed by atoms with van der Waals surface area (Å²) < 4.78 is 38.5. The van der Waals surface area contributed by atoms with Crippen molar-refractivity contribution in [1.29, 1.82) is 0 Å². The van der Waals surface area contributed by atoms with Gasteiger partial charge in [0, 0.05) is 18.5 Å². The average molecular weight is 447 g/mol. The fourth-order valence-electron chi connectivity index (χ4n) is 3.14. The zero-order valence-electron chi connectivity index (χ0n) is 16.6. The molecule has 158 valence electrons. The molecule has 1 aromatic carbocycles. The van der Waals surface area contributed by atoms with Crippen molar-refractivity contribution in [2.45, 2.75) is 17.9 Å². The third-order valence-electron chi connectivity index (χ3n) is 4.68. The molecule has 3 heterocycles. The van der Waals surface area contributed by atoms with Crippen LogP contribution in [0.5, 0.6) is 5.75 Å². The number of hydrogen-bond donors (Lipinski definition) is 1. The maximum atomic E-state index is 13.1. The molecule has 1 N–H and O–H groups in total. The SMILES string of the molecule is COc1ccc(S(=O)(=O)N2CCO[C@@H](c3cccc(Nc4nc(C)cs4)n3)C2)cc1. The average Bonchev–Trinajstić information content (AvgIpc) is 3.18. The smallest absolute Gasteiger partial charge is 0.243 e. The minimum Gasteiger partial charge on any atom is -0.497 e. The summed E-state index contributed by atoms with van der Waals surface area (Å²) in [5, 5.41) is 5.89. The van der Waals surface area contributed by atoms with E-state index in [9.17, 15) is 8.42 Å². The molecule has 1 aliphatic rings. The lowest BCUT2D eigenvalue weighted by atomic mass is 10.2. The monoisotopic (exact) mass is 446 g/mol. The number of ether oxygens (including phenoxy) is 2. The van der Waals surface area contributed by atoms with Crippen molar-refractivity contribution in [2.75, 3.05) is 32.1 Å². The molecular weight excluding hydrogens is 424 g/mol. The number of rotatable bonds is 6. The van der Waals surface area contributed by atoms with Gasteiger partial charge in [-0.2, -0.15) is 4.31 Å². The maximum Gasteiger partial charge on any atom is 0.243 e. The Hall–Kier alpha value is -2.53. The second kappa shape index (κ2) is 8.68. The van der Waals surface area contributed by atoms with E-state index in [0.717, 1.165) is 10.8 Å². The highest BCUT2D eigenvalue weighted by Crippen LogP contribution is 2.28. The van der Waals surface area contributed by atoms with Gasteiger partial charge in [0.05, 0.1) is 30.0 Å². The van der Waals surface area contributed by atoms with Gasteiger partial charge in [-0.3, -0.25) is 0 Å². The predicted octanol–water partition coefficient (Wildman–Crippen LogP) is 3.36. The van der Waals surface area contributed by atoms with Gasteiger partial charge in [0.2, 0.25) is 10.0 Å². The number of thiazole rings is 1. The molecule has 2 aromatic heterocycles. The number of nitrogens with zero attached hydrogens (tertiary/aromatic N) is 3. The van der Waals surface area contributed by atoms with E-state index in [4.69, 9.17) is 9.47 Å². The maximum absolute atomic E-state index is 13.1. The van der Waals surface area contributed by atoms with Crippen LogP contribution in [0.2, 0.25) is 0 Å².